The van der Waals surface area contributed by atoms with E-state index in [1.54, 1.807) is 25.2 Å². The molecule has 0 radical (unpaired) electrons. The molecule has 1 saturated heterocycles. The lowest BCUT2D eigenvalue weighted by molar-refractivity contribution is -0.0893. The summed E-state index contributed by atoms with van der Waals surface area (Å²) in [6.07, 6.45) is 5.20. The van der Waals surface area contributed by atoms with Crippen LogP contribution in [0, 0.1) is 0 Å². The molecule has 0 spiro atoms. The number of carbonyl (C=O) groups excluding carboxylic acids is 1. The van der Waals surface area contributed by atoms with E-state index >= 15 is 0 Å². The fourth-order valence-corrected chi connectivity index (χ4v) is 6.71. The second-order valence-electron chi connectivity index (χ2n) is 9.99. The number of piperazine rings is 1. The van der Waals surface area contributed by atoms with Gasteiger partial charge in [0.2, 0.25) is 0 Å². The van der Waals surface area contributed by atoms with Crippen molar-refractivity contribution in [3.8, 4) is 11.3 Å². The lowest BCUT2D eigenvalue weighted by Gasteiger charge is -2.41. The number of thioether (sulfide) groups is 1. The monoisotopic (exact) mass is 520 g/mol. The van der Waals surface area contributed by atoms with Crippen molar-refractivity contribution >= 4 is 17.7 Å². The van der Waals surface area contributed by atoms with Gasteiger partial charge in [0.25, 0.3) is 5.91 Å². The Balaban J connectivity index is 1.48. The molecule has 2 N–H and O–H groups in total. The van der Waals surface area contributed by atoms with E-state index in [2.05, 4.69) is 17.4 Å². The molecule has 1 aliphatic heterocycles. The predicted octanol–water partition coefficient (Wildman–Crippen LogP) is 4.25. The molecule has 2 fully saturated rings. The van der Waals surface area contributed by atoms with Gasteiger partial charge in [-0.05, 0) is 25.0 Å². The number of methoxy groups -OCH3 is 1. The number of rotatable bonds is 8. The summed E-state index contributed by atoms with van der Waals surface area (Å²) in [5.41, 5.74) is 1.16. The van der Waals surface area contributed by atoms with E-state index in [0.29, 0.717) is 18.7 Å². The van der Waals surface area contributed by atoms with Crippen molar-refractivity contribution in [3.63, 3.8) is 0 Å². The first-order valence-corrected chi connectivity index (χ1v) is 14.1. The maximum absolute atomic E-state index is 14.1. The second-order valence-corrected chi connectivity index (χ2v) is 11.1. The number of nitrogens with one attached hydrogen (secondary N) is 1. The average molecular weight is 521 g/mol. The van der Waals surface area contributed by atoms with Crippen LogP contribution in [0.2, 0.25) is 0 Å². The standard InChI is InChI=1S/C29H36N4O3S/c1-36-20-29(35)15-9-8-14-25(29)33-21-31-26(27(33)22-10-4-2-5-11-22)28(34)32-17-16-30-18-23(32)19-37-24-12-6-3-7-13-24/h2-7,10-13,21,23,25,30,35H,8-9,14-20H2,1H3/t23-,25+,29+/m0/s1. The van der Waals surface area contributed by atoms with Crippen LogP contribution in [0.1, 0.15) is 42.2 Å². The zero-order chi connectivity index (χ0) is 25.7. The van der Waals surface area contributed by atoms with E-state index in [1.807, 2.05) is 58.0 Å². The van der Waals surface area contributed by atoms with Crippen LogP contribution in [-0.4, -0.2) is 76.2 Å². The van der Waals surface area contributed by atoms with Gasteiger partial charge in [0, 0.05) is 43.0 Å². The van der Waals surface area contributed by atoms with Crippen LogP contribution in [0.25, 0.3) is 11.3 Å². The largest absolute Gasteiger partial charge is 0.385 e. The minimum atomic E-state index is -0.999. The molecule has 2 aliphatic rings. The van der Waals surface area contributed by atoms with Gasteiger partial charge in [-0.25, -0.2) is 4.98 Å². The summed E-state index contributed by atoms with van der Waals surface area (Å²) in [5, 5.41) is 15.0. The first kappa shape index (κ1) is 26.0. The molecule has 5 rings (SSSR count). The van der Waals surface area contributed by atoms with Crippen molar-refractivity contribution in [3.05, 3.63) is 72.7 Å². The summed E-state index contributed by atoms with van der Waals surface area (Å²) < 4.78 is 7.48. The van der Waals surface area contributed by atoms with E-state index in [4.69, 9.17) is 9.72 Å². The Hall–Kier alpha value is -2.65. The Bertz CT molecular complexity index is 1170. The molecule has 1 amide bonds. The molecule has 1 saturated carbocycles. The quantitative estimate of drug-likeness (QED) is 0.433. The normalized spacial score (nSPS) is 24.2. The summed E-state index contributed by atoms with van der Waals surface area (Å²) in [7, 11) is 1.63. The van der Waals surface area contributed by atoms with Crippen molar-refractivity contribution in [2.45, 2.75) is 48.3 Å². The Labute approximate surface area is 223 Å². The van der Waals surface area contributed by atoms with Gasteiger partial charge in [-0.2, -0.15) is 0 Å². The van der Waals surface area contributed by atoms with Crippen LogP contribution >= 0.6 is 11.8 Å². The number of imidazole rings is 1. The SMILES string of the molecule is COC[C@]1(O)CCCC[C@H]1n1cnc(C(=O)N2CCNC[C@H]2CSc2ccccc2)c1-c1ccccc1. The van der Waals surface area contributed by atoms with Gasteiger partial charge in [-0.3, -0.25) is 4.79 Å². The first-order valence-electron chi connectivity index (χ1n) is 13.1. The van der Waals surface area contributed by atoms with Crippen molar-refractivity contribution in [2.24, 2.45) is 0 Å². The molecule has 0 bridgehead atoms. The third kappa shape index (κ3) is 5.62. The van der Waals surface area contributed by atoms with E-state index in [9.17, 15) is 9.90 Å². The molecule has 1 aliphatic carbocycles. The minimum Gasteiger partial charge on any atom is -0.385 e. The molecule has 2 aromatic carbocycles. The number of aromatic nitrogens is 2. The van der Waals surface area contributed by atoms with E-state index in [1.165, 1.54) is 4.90 Å². The minimum absolute atomic E-state index is 0.0520. The second kappa shape index (κ2) is 11.8. The van der Waals surface area contributed by atoms with Crippen LogP contribution in [0.3, 0.4) is 0 Å². The lowest BCUT2D eigenvalue weighted by atomic mass is 9.80. The van der Waals surface area contributed by atoms with E-state index < -0.39 is 5.60 Å². The highest BCUT2D eigenvalue weighted by Crippen LogP contribution is 2.41. The zero-order valence-corrected chi connectivity index (χ0v) is 22.2. The summed E-state index contributed by atoms with van der Waals surface area (Å²) >= 11 is 1.77. The summed E-state index contributed by atoms with van der Waals surface area (Å²) in [5.74, 6) is 0.754. The fourth-order valence-electron chi connectivity index (χ4n) is 5.68. The number of aliphatic hydroxyl groups is 1. The Kier molecular flexibility index (Phi) is 8.30. The van der Waals surface area contributed by atoms with Gasteiger partial charge in [-0.1, -0.05) is 61.4 Å². The molecular formula is C29H36N4O3S. The molecule has 2 heterocycles. The maximum Gasteiger partial charge on any atom is 0.275 e. The molecule has 0 unspecified atom stereocenters. The Morgan fingerprint density at radius 3 is 2.68 bits per heavy atom. The molecule has 37 heavy (non-hydrogen) atoms. The molecule has 3 atom stereocenters. The number of benzene rings is 2. The van der Waals surface area contributed by atoms with Gasteiger partial charge in [0.15, 0.2) is 5.69 Å². The number of hydrogen-bond acceptors (Lipinski definition) is 6. The highest BCUT2D eigenvalue weighted by Gasteiger charge is 2.42. The molecule has 7 nitrogen and oxygen atoms in total. The Morgan fingerprint density at radius 2 is 1.92 bits per heavy atom. The topological polar surface area (TPSA) is 79.6 Å². The Morgan fingerprint density at radius 1 is 1.16 bits per heavy atom. The molecule has 3 aromatic rings. The highest BCUT2D eigenvalue weighted by molar-refractivity contribution is 7.99. The van der Waals surface area contributed by atoms with Crippen molar-refractivity contribution in [1.29, 1.82) is 0 Å². The van der Waals surface area contributed by atoms with Crippen LogP contribution < -0.4 is 5.32 Å². The van der Waals surface area contributed by atoms with Crippen LogP contribution in [0.4, 0.5) is 0 Å². The smallest absolute Gasteiger partial charge is 0.275 e. The molecule has 196 valence electrons. The molecule has 8 heteroatoms. The van der Waals surface area contributed by atoms with Gasteiger partial charge in [0.05, 0.1) is 30.7 Å². The van der Waals surface area contributed by atoms with Gasteiger partial charge >= 0.3 is 0 Å². The third-order valence-electron chi connectivity index (χ3n) is 7.53. The summed E-state index contributed by atoms with van der Waals surface area (Å²) in [6, 6.07) is 20.1. The van der Waals surface area contributed by atoms with Crippen molar-refractivity contribution in [1.82, 2.24) is 19.8 Å². The fraction of sp³-hybridized carbons (Fsp3) is 0.448. The van der Waals surface area contributed by atoms with Crippen molar-refractivity contribution < 1.29 is 14.6 Å². The number of carbonyl (C=O) groups is 1. The van der Waals surface area contributed by atoms with Gasteiger partial charge < -0.3 is 24.6 Å². The number of amides is 1. The van der Waals surface area contributed by atoms with Crippen LogP contribution in [-0.2, 0) is 4.74 Å². The van der Waals surface area contributed by atoms with Crippen molar-refractivity contribution in [2.75, 3.05) is 39.1 Å². The lowest BCUT2D eigenvalue weighted by Crippen LogP contribution is -2.54. The number of ether oxygens (including phenoxy) is 1. The highest BCUT2D eigenvalue weighted by atomic mass is 32.2. The van der Waals surface area contributed by atoms with E-state index in [0.717, 1.165) is 49.4 Å². The summed E-state index contributed by atoms with van der Waals surface area (Å²) in [6.45, 7) is 2.40. The predicted molar refractivity (Wildman–Crippen MR) is 147 cm³/mol. The maximum atomic E-state index is 14.1. The van der Waals surface area contributed by atoms with Crippen LogP contribution in [0.5, 0.6) is 0 Å². The van der Waals surface area contributed by atoms with Gasteiger partial charge in [0.1, 0.15) is 5.60 Å². The third-order valence-corrected chi connectivity index (χ3v) is 8.68. The zero-order valence-electron chi connectivity index (χ0n) is 21.4. The molecule has 1 aromatic heterocycles. The summed E-state index contributed by atoms with van der Waals surface area (Å²) in [4.78, 5) is 22.0. The van der Waals surface area contributed by atoms with Crippen LogP contribution in [0.15, 0.2) is 71.9 Å². The van der Waals surface area contributed by atoms with E-state index in [-0.39, 0.29) is 24.6 Å². The number of hydrogen-bond donors (Lipinski definition) is 2. The number of nitrogens with zero attached hydrogens (tertiary/aromatic N) is 3. The average Bonchev–Trinajstić information content (AvgIpc) is 3.38. The molecular weight excluding hydrogens is 484 g/mol. The van der Waals surface area contributed by atoms with Gasteiger partial charge in [-0.15, -0.1) is 11.8 Å². The first-order chi connectivity index (χ1) is 18.1.